The Morgan fingerprint density at radius 1 is 1.53 bits per heavy atom. The zero-order valence-corrected chi connectivity index (χ0v) is 10.9. The van der Waals surface area contributed by atoms with Crippen LogP contribution >= 0.6 is 0 Å². The maximum absolute atomic E-state index is 11.1. The Kier molecular flexibility index (Phi) is 5.22. The van der Waals surface area contributed by atoms with Crippen molar-refractivity contribution in [2.24, 2.45) is 11.7 Å². The number of hydrogen-bond acceptors (Lipinski definition) is 2. The lowest BCUT2D eigenvalue weighted by Crippen LogP contribution is -2.27. The number of carbonyl (C=O) groups excluding carboxylic acids is 1. The highest BCUT2D eigenvalue weighted by molar-refractivity contribution is 5.76. The molecule has 0 aliphatic carbocycles. The second-order valence-corrected chi connectivity index (χ2v) is 4.56. The van der Waals surface area contributed by atoms with Crippen molar-refractivity contribution in [2.75, 3.05) is 6.54 Å². The first-order valence-electron chi connectivity index (χ1n) is 6.24. The Hall–Kier alpha value is -1.29. The third kappa shape index (κ3) is 3.89. The van der Waals surface area contributed by atoms with Crippen LogP contribution < -0.4 is 11.1 Å². The molecule has 0 saturated carbocycles. The molecule has 1 heterocycles. The summed E-state index contributed by atoms with van der Waals surface area (Å²) in [5, 5.41) is 3.44. The molecule has 96 valence electrons. The maximum Gasteiger partial charge on any atom is 0.222 e. The molecule has 3 N–H and O–H groups in total. The van der Waals surface area contributed by atoms with Crippen molar-refractivity contribution < 1.29 is 4.79 Å². The lowest BCUT2D eigenvalue weighted by molar-refractivity contribution is -0.121. The van der Waals surface area contributed by atoms with E-state index in [0.29, 0.717) is 12.6 Å². The van der Waals surface area contributed by atoms with Crippen molar-refractivity contribution in [3.8, 4) is 0 Å². The molecular weight excluding hydrogens is 214 g/mol. The predicted octanol–water partition coefficient (Wildman–Crippen LogP) is 1.67. The molecule has 0 aliphatic rings. The van der Waals surface area contributed by atoms with Crippen LogP contribution in [0.25, 0.3) is 0 Å². The van der Waals surface area contributed by atoms with E-state index in [1.807, 2.05) is 19.2 Å². The van der Waals surface area contributed by atoms with Crippen LogP contribution in [0.5, 0.6) is 0 Å². The van der Waals surface area contributed by atoms with Crippen molar-refractivity contribution >= 4 is 5.91 Å². The number of nitrogens with two attached hydrogens (primary N) is 1. The van der Waals surface area contributed by atoms with Gasteiger partial charge >= 0.3 is 0 Å². The molecule has 0 aliphatic heterocycles. The molecule has 1 aromatic rings. The van der Waals surface area contributed by atoms with E-state index in [4.69, 9.17) is 5.73 Å². The highest BCUT2D eigenvalue weighted by atomic mass is 16.1. The highest BCUT2D eigenvalue weighted by Crippen LogP contribution is 2.15. The summed E-state index contributed by atoms with van der Waals surface area (Å²) in [6.07, 6.45) is 3.11. The van der Waals surface area contributed by atoms with Gasteiger partial charge in [-0.2, -0.15) is 0 Å². The lowest BCUT2D eigenvalue weighted by Gasteiger charge is -2.18. The molecule has 2 atom stereocenters. The lowest BCUT2D eigenvalue weighted by atomic mass is 10.1. The Morgan fingerprint density at radius 2 is 2.24 bits per heavy atom. The summed E-state index contributed by atoms with van der Waals surface area (Å²) in [6.45, 7) is 7.79. The SMILES string of the molecule is CCCNC(C)c1cccn1CC(C)C(N)=O. The number of rotatable bonds is 7. The van der Waals surface area contributed by atoms with E-state index in [1.54, 1.807) is 0 Å². The van der Waals surface area contributed by atoms with Crippen LogP contribution in [0.3, 0.4) is 0 Å². The van der Waals surface area contributed by atoms with Gasteiger partial charge in [0.15, 0.2) is 0 Å². The van der Waals surface area contributed by atoms with Crippen LogP contribution in [0.1, 0.15) is 38.9 Å². The van der Waals surface area contributed by atoms with Gasteiger partial charge in [-0.1, -0.05) is 13.8 Å². The topological polar surface area (TPSA) is 60.1 Å². The summed E-state index contributed by atoms with van der Waals surface area (Å²) < 4.78 is 2.10. The minimum absolute atomic E-state index is 0.139. The van der Waals surface area contributed by atoms with Crippen molar-refractivity contribution in [2.45, 2.75) is 39.8 Å². The molecule has 1 rings (SSSR count). The maximum atomic E-state index is 11.1. The fraction of sp³-hybridized carbons (Fsp3) is 0.615. The summed E-state index contributed by atoms with van der Waals surface area (Å²) in [7, 11) is 0. The zero-order valence-electron chi connectivity index (χ0n) is 10.9. The van der Waals surface area contributed by atoms with Gasteiger partial charge in [0.05, 0.1) is 5.92 Å². The highest BCUT2D eigenvalue weighted by Gasteiger charge is 2.14. The van der Waals surface area contributed by atoms with Crippen LogP contribution in [0.15, 0.2) is 18.3 Å². The molecule has 0 bridgehead atoms. The van der Waals surface area contributed by atoms with E-state index in [1.165, 1.54) is 5.69 Å². The quantitative estimate of drug-likeness (QED) is 0.758. The van der Waals surface area contributed by atoms with Crippen molar-refractivity contribution in [3.63, 3.8) is 0 Å². The summed E-state index contributed by atoms with van der Waals surface area (Å²) in [5.74, 6) is -0.390. The van der Waals surface area contributed by atoms with Gasteiger partial charge in [-0.25, -0.2) is 0 Å². The van der Waals surface area contributed by atoms with E-state index in [-0.39, 0.29) is 11.8 Å². The monoisotopic (exact) mass is 237 g/mol. The largest absolute Gasteiger partial charge is 0.369 e. The van der Waals surface area contributed by atoms with Gasteiger partial charge in [-0.3, -0.25) is 4.79 Å². The molecule has 0 radical (unpaired) electrons. The Morgan fingerprint density at radius 3 is 2.82 bits per heavy atom. The van der Waals surface area contributed by atoms with E-state index in [0.717, 1.165) is 13.0 Å². The van der Waals surface area contributed by atoms with Crippen LogP contribution in [-0.2, 0) is 11.3 Å². The Labute approximate surface area is 103 Å². The molecule has 1 aromatic heterocycles. The average molecular weight is 237 g/mol. The molecule has 4 heteroatoms. The number of nitrogens with one attached hydrogen (secondary N) is 1. The average Bonchev–Trinajstić information content (AvgIpc) is 2.73. The van der Waals surface area contributed by atoms with Crippen LogP contribution in [0.4, 0.5) is 0 Å². The Balaban J connectivity index is 2.68. The van der Waals surface area contributed by atoms with Crippen molar-refractivity contribution in [3.05, 3.63) is 24.0 Å². The summed E-state index contributed by atoms with van der Waals surface area (Å²) in [5.41, 5.74) is 6.49. The molecule has 0 aromatic carbocycles. The molecule has 17 heavy (non-hydrogen) atoms. The van der Waals surface area contributed by atoms with Gasteiger partial charge in [0.2, 0.25) is 5.91 Å². The van der Waals surface area contributed by atoms with Gasteiger partial charge in [-0.05, 0) is 32.0 Å². The van der Waals surface area contributed by atoms with Crippen LogP contribution in [0, 0.1) is 5.92 Å². The van der Waals surface area contributed by atoms with Gasteiger partial charge in [0.25, 0.3) is 0 Å². The number of primary amides is 1. The van der Waals surface area contributed by atoms with Gasteiger partial charge in [-0.15, -0.1) is 0 Å². The first-order valence-corrected chi connectivity index (χ1v) is 6.24. The first-order chi connectivity index (χ1) is 8.06. The second kappa shape index (κ2) is 6.45. The molecule has 0 fully saturated rings. The van der Waals surface area contributed by atoms with Crippen molar-refractivity contribution in [1.82, 2.24) is 9.88 Å². The first kappa shape index (κ1) is 13.8. The second-order valence-electron chi connectivity index (χ2n) is 4.56. The predicted molar refractivity (Wildman–Crippen MR) is 69.5 cm³/mol. The molecule has 0 saturated heterocycles. The number of nitrogens with zero attached hydrogens (tertiary/aromatic N) is 1. The van der Waals surface area contributed by atoms with Crippen LogP contribution in [-0.4, -0.2) is 17.0 Å². The normalized spacial score (nSPS) is 14.5. The van der Waals surface area contributed by atoms with Gasteiger partial charge in [0.1, 0.15) is 0 Å². The van der Waals surface area contributed by atoms with E-state index >= 15 is 0 Å². The van der Waals surface area contributed by atoms with Gasteiger partial charge in [0, 0.05) is 24.5 Å². The van der Waals surface area contributed by atoms with Crippen LogP contribution in [0.2, 0.25) is 0 Å². The minimum atomic E-state index is -0.251. The number of amides is 1. The summed E-state index contributed by atoms with van der Waals surface area (Å²) >= 11 is 0. The molecule has 1 amide bonds. The summed E-state index contributed by atoms with van der Waals surface area (Å²) in [4.78, 5) is 11.1. The molecule has 4 nitrogen and oxygen atoms in total. The van der Waals surface area contributed by atoms with E-state index in [9.17, 15) is 4.79 Å². The third-order valence-electron chi connectivity index (χ3n) is 2.97. The number of carbonyl (C=O) groups is 1. The van der Waals surface area contributed by atoms with E-state index < -0.39 is 0 Å². The zero-order chi connectivity index (χ0) is 12.8. The standard InChI is InChI=1S/C13H23N3O/c1-4-7-15-11(3)12-6-5-8-16(12)9-10(2)13(14)17/h5-6,8,10-11,15H,4,7,9H2,1-3H3,(H2,14,17). The number of aromatic nitrogens is 1. The smallest absolute Gasteiger partial charge is 0.222 e. The fourth-order valence-corrected chi connectivity index (χ4v) is 1.84. The van der Waals surface area contributed by atoms with Gasteiger partial charge < -0.3 is 15.6 Å². The minimum Gasteiger partial charge on any atom is -0.369 e. The molecule has 0 spiro atoms. The summed E-state index contributed by atoms with van der Waals surface area (Å²) in [6, 6.07) is 4.39. The Bertz CT molecular complexity index is 359. The van der Waals surface area contributed by atoms with Crippen molar-refractivity contribution in [1.29, 1.82) is 0 Å². The van der Waals surface area contributed by atoms with E-state index in [2.05, 4.69) is 29.8 Å². The third-order valence-corrected chi connectivity index (χ3v) is 2.97. The molecule has 2 unspecified atom stereocenters. The fourth-order valence-electron chi connectivity index (χ4n) is 1.84. The molecular formula is C13H23N3O. The number of hydrogen-bond donors (Lipinski definition) is 2.